The van der Waals surface area contributed by atoms with Crippen LogP contribution >= 0.6 is 35.3 Å². The number of hydrogen-bond donors (Lipinski definition) is 2. The highest BCUT2D eigenvalue weighted by Crippen LogP contribution is 2.08. The van der Waals surface area contributed by atoms with Crippen molar-refractivity contribution in [1.82, 2.24) is 25.4 Å². The van der Waals surface area contributed by atoms with E-state index in [2.05, 4.69) is 43.2 Å². The van der Waals surface area contributed by atoms with Gasteiger partial charge in [0.05, 0.1) is 0 Å². The van der Waals surface area contributed by atoms with Crippen LogP contribution in [0.2, 0.25) is 0 Å². The molecule has 132 valence electrons. The first kappa shape index (κ1) is 19.4. The Morgan fingerprint density at radius 1 is 1.24 bits per heavy atom. The summed E-state index contributed by atoms with van der Waals surface area (Å²) in [5.41, 5.74) is 1.12. The van der Waals surface area contributed by atoms with E-state index in [0.29, 0.717) is 6.54 Å². The van der Waals surface area contributed by atoms with Gasteiger partial charge in [-0.15, -0.1) is 35.3 Å². The highest BCUT2D eigenvalue weighted by atomic mass is 127. The molecule has 0 saturated carbocycles. The van der Waals surface area contributed by atoms with Gasteiger partial charge in [0.25, 0.3) is 0 Å². The fraction of sp³-hybridized carbons (Fsp3) is 0.235. The topological polar surface area (TPSA) is 67.1 Å². The quantitative estimate of drug-likeness (QED) is 0.332. The minimum absolute atomic E-state index is 0. The lowest BCUT2D eigenvalue weighted by atomic mass is 10.2. The zero-order valence-corrected chi connectivity index (χ0v) is 17.1. The fourth-order valence-electron chi connectivity index (χ4n) is 2.27. The molecule has 2 N–H and O–H groups in total. The van der Waals surface area contributed by atoms with E-state index < -0.39 is 0 Å². The summed E-state index contributed by atoms with van der Waals surface area (Å²) in [5, 5.41) is 13.0. The third-order valence-corrected chi connectivity index (χ3v) is 4.41. The molecule has 0 amide bonds. The predicted octanol–water partition coefficient (Wildman–Crippen LogP) is 2.85. The van der Waals surface area contributed by atoms with Gasteiger partial charge in [-0.05, 0) is 41.6 Å². The number of nitrogens with zero attached hydrogens (tertiary/aromatic N) is 4. The van der Waals surface area contributed by atoms with E-state index >= 15 is 0 Å². The Hall–Kier alpha value is -1.94. The van der Waals surface area contributed by atoms with Crippen molar-refractivity contribution < 1.29 is 0 Å². The van der Waals surface area contributed by atoms with Crippen molar-refractivity contribution in [3.8, 4) is 5.82 Å². The van der Waals surface area contributed by atoms with Crippen LogP contribution in [0.5, 0.6) is 0 Å². The smallest absolute Gasteiger partial charge is 0.191 e. The fourth-order valence-corrected chi connectivity index (χ4v) is 2.97. The van der Waals surface area contributed by atoms with Crippen LogP contribution in [0.1, 0.15) is 10.4 Å². The van der Waals surface area contributed by atoms with Crippen LogP contribution in [0.3, 0.4) is 0 Å². The normalized spacial score (nSPS) is 11.0. The summed E-state index contributed by atoms with van der Waals surface area (Å²) >= 11 is 1.78. The lowest BCUT2D eigenvalue weighted by molar-refractivity contribution is 0.793. The summed E-state index contributed by atoms with van der Waals surface area (Å²) < 4.78 is 1.75. The van der Waals surface area contributed by atoms with Gasteiger partial charge in [-0.2, -0.15) is 5.10 Å². The number of pyridine rings is 1. The highest BCUT2D eigenvalue weighted by molar-refractivity contribution is 14.0. The molecule has 3 aromatic heterocycles. The van der Waals surface area contributed by atoms with Gasteiger partial charge in [0, 0.05) is 43.6 Å². The first-order valence-corrected chi connectivity index (χ1v) is 8.65. The van der Waals surface area contributed by atoms with E-state index in [4.69, 9.17) is 0 Å². The molecule has 0 spiro atoms. The molecule has 0 unspecified atom stereocenters. The maximum Gasteiger partial charge on any atom is 0.191 e. The van der Waals surface area contributed by atoms with Gasteiger partial charge in [-0.3, -0.25) is 4.99 Å². The number of nitrogens with one attached hydrogen (secondary N) is 2. The summed E-state index contributed by atoms with van der Waals surface area (Å²) in [7, 11) is 1.78. The van der Waals surface area contributed by atoms with Crippen LogP contribution in [0.15, 0.2) is 59.3 Å². The minimum atomic E-state index is 0. The summed E-state index contributed by atoms with van der Waals surface area (Å²) in [6.45, 7) is 1.53. The van der Waals surface area contributed by atoms with E-state index in [1.807, 2.05) is 24.4 Å². The lowest BCUT2D eigenvalue weighted by Gasteiger charge is -2.12. The highest BCUT2D eigenvalue weighted by Gasteiger charge is 2.02. The summed E-state index contributed by atoms with van der Waals surface area (Å²) in [6, 6.07) is 10.1. The summed E-state index contributed by atoms with van der Waals surface area (Å²) in [5.74, 6) is 1.60. The van der Waals surface area contributed by atoms with Gasteiger partial charge < -0.3 is 10.6 Å². The second kappa shape index (κ2) is 10.1. The molecule has 0 aliphatic heterocycles. The van der Waals surface area contributed by atoms with E-state index in [1.165, 1.54) is 4.88 Å². The van der Waals surface area contributed by atoms with Crippen molar-refractivity contribution in [1.29, 1.82) is 0 Å². The molecule has 0 saturated heterocycles. The Balaban J connectivity index is 0.00000225. The monoisotopic (exact) mass is 468 g/mol. The number of aliphatic imine (C=N–C) groups is 1. The predicted molar refractivity (Wildman–Crippen MR) is 113 cm³/mol. The first-order chi connectivity index (χ1) is 11.8. The molecular formula is C17H21IN6S. The number of hydrogen-bond acceptors (Lipinski definition) is 4. The zero-order valence-electron chi connectivity index (χ0n) is 13.9. The van der Waals surface area contributed by atoms with Crippen molar-refractivity contribution in [2.45, 2.75) is 13.0 Å². The molecule has 8 heteroatoms. The molecular weight excluding hydrogens is 447 g/mol. The number of halogens is 1. The van der Waals surface area contributed by atoms with Gasteiger partial charge in [-0.1, -0.05) is 6.07 Å². The lowest BCUT2D eigenvalue weighted by Crippen LogP contribution is -2.37. The summed E-state index contributed by atoms with van der Waals surface area (Å²) in [4.78, 5) is 9.97. The summed E-state index contributed by atoms with van der Waals surface area (Å²) in [6.07, 6.45) is 6.41. The Labute approximate surface area is 168 Å². The second-order valence-electron chi connectivity index (χ2n) is 5.15. The SMILES string of the molecule is CN=C(NCCc1cccs1)NCc1ccnc(-n2cccn2)c1.I. The molecule has 3 aromatic rings. The van der Waals surface area contributed by atoms with Gasteiger partial charge in [0.2, 0.25) is 0 Å². The molecule has 0 aromatic carbocycles. The minimum Gasteiger partial charge on any atom is -0.356 e. The number of aromatic nitrogens is 3. The Morgan fingerprint density at radius 2 is 2.16 bits per heavy atom. The third kappa shape index (κ3) is 5.82. The van der Waals surface area contributed by atoms with Crippen molar-refractivity contribution in [2.75, 3.05) is 13.6 Å². The molecule has 3 heterocycles. The molecule has 6 nitrogen and oxygen atoms in total. The van der Waals surface area contributed by atoms with Gasteiger partial charge in [-0.25, -0.2) is 9.67 Å². The molecule has 0 bridgehead atoms. The van der Waals surface area contributed by atoms with Gasteiger partial charge in [0.15, 0.2) is 11.8 Å². The third-order valence-electron chi connectivity index (χ3n) is 3.48. The standard InChI is InChI=1S/C17H20N6S.HI/c1-18-17(20-9-6-15-4-2-11-24-15)21-13-14-5-8-19-16(12-14)23-10-3-7-22-23;/h2-5,7-8,10-12H,6,9,13H2,1H3,(H2,18,20,21);1H. The average Bonchev–Trinajstić information content (AvgIpc) is 3.31. The number of rotatable bonds is 6. The van der Waals surface area contributed by atoms with Crippen LogP contribution in [0.25, 0.3) is 5.82 Å². The van der Waals surface area contributed by atoms with Crippen LogP contribution in [0, 0.1) is 0 Å². The van der Waals surface area contributed by atoms with Crippen LogP contribution in [-0.4, -0.2) is 34.3 Å². The number of guanidine groups is 1. The molecule has 3 rings (SSSR count). The molecule has 0 radical (unpaired) electrons. The Morgan fingerprint density at radius 3 is 2.88 bits per heavy atom. The Bertz CT molecular complexity index is 770. The first-order valence-electron chi connectivity index (χ1n) is 7.77. The Kier molecular flexibility index (Phi) is 7.86. The maximum absolute atomic E-state index is 4.34. The number of thiophene rings is 1. The van der Waals surface area contributed by atoms with E-state index in [1.54, 1.807) is 35.5 Å². The molecule has 0 atom stereocenters. The van der Waals surface area contributed by atoms with Crippen LogP contribution in [-0.2, 0) is 13.0 Å². The van der Waals surface area contributed by atoms with E-state index in [9.17, 15) is 0 Å². The van der Waals surface area contributed by atoms with Crippen LogP contribution < -0.4 is 10.6 Å². The van der Waals surface area contributed by atoms with Crippen molar-refractivity contribution in [3.63, 3.8) is 0 Å². The van der Waals surface area contributed by atoms with Gasteiger partial charge >= 0.3 is 0 Å². The zero-order chi connectivity index (χ0) is 16.6. The molecule has 0 aliphatic carbocycles. The van der Waals surface area contributed by atoms with Gasteiger partial charge in [0.1, 0.15) is 0 Å². The van der Waals surface area contributed by atoms with Crippen LogP contribution in [0.4, 0.5) is 0 Å². The van der Waals surface area contributed by atoms with E-state index in [-0.39, 0.29) is 24.0 Å². The van der Waals surface area contributed by atoms with Crippen molar-refractivity contribution in [3.05, 3.63) is 64.7 Å². The molecule has 0 aliphatic rings. The molecule has 0 fully saturated rings. The van der Waals surface area contributed by atoms with E-state index in [0.717, 1.165) is 30.3 Å². The maximum atomic E-state index is 4.34. The average molecular weight is 468 g/mol. The van der Waals surface area contributed by atoms with Crippen molar-refractivity contribution >= 4 is 41.3 Å². The largest absolute Gasteiger partial charge is 0.356 e. The van der Waals surface area contributed by atoms with Crippen molar-refractivity contribution in [2.24, 2.45) is 4.99 Å². The second-order valence-corrected chi connectivity index (χ2v) is 6.19. The molecule has 25 heavy (non-hydrogen) atoms.